The van der Waals surface area contributed by atoms with Crippen molar-refractivity contribution in [2.75, 3.05) is 0 Å². The van der Waals surface area contributed by atoms with Crippen molar-refractivity contribution in [2.45, 2.75) is 106 Å². The molecule has 0 unspecified atom stereocenters. The zero-order valence-electron chi connectivity index (χ0n) is 38.4. The second kappa shape index (κ2) is 23.7. The third-order valence-electron chi connectivity index (χ3n) is 10.3. The van der Waals surface area contributed by atoms with Gasteiger partial charge in [-0.25, -0.2) is 0 Å². The Bertz CT molecular complexity index is 2360. The molecule has 4 heteroatoms. The Balaban J connectivity index is 0.000000272. The van der Waals surface area contributed by atoms with Gasteiger partial charge in [0.25, 0.3) is 0 Å². The maximum absolute atomic E-state index is 9.57. The van der Waals surface area contributed by atoms with Crippen LogP contribution in [0, 0.1) is 28.7 Å². The molecule has 0 spiro atoms. The van der Waals surface area contributed by atoms with Crippen molar-refractivity contribution >= 4 is 50.0 Å². The SMILES string of the molecule is CCCc1cc2ccc3ccccc3c2[cH-]1.CCCc1cc2ccc3ccccc3c2[cH-]1.Cc1ccc(O)c(C(C)(C)C)c1.Cc1ccc(O)c(C(C)(C)C)c1.[CH3-].[CH3-].[Si]=[Zr]. The van der Waals surface area contributed by atoms with E-state index in [0.717, 1.165) is 11.1 Å². The van der Waals surface area contributed by atoms with Gasteiger partial charge in [0.15, 0.2) is 0 Å². The van der Waals surface area contributed by atoms with E-state index in [1.54, 1.807) is 12.1 Å². The second-order valence-corrected chi connectivity index (χ2v) is 17.3. The summed E-state index contributed by atoms with van der Waals surface area (Å²) >= 11 is 1.36. The molecule has 0 aliphatic carbocycles. The minimum absolute atomic E-state index is 0. The van der Waals surface area contributed by atoms with Crippen molar-refractivity contribution < 1.29 is 33.5 Å². The van der Waals surface area contributed by atoms with Gasteiger partial charge >= 0.3 is 30.2 Å². The molecule has 8 aromatic carbocycles. The van der Waals surface area contributed by atoms with Gasteiger partial charge in [-0.15, -0.1) is 56.9 Å². The monoisotopic (exact) mass is 890 g/mol. The molecule has 8 aromatic rings. The topological polar surface area (TPSA) is 40.5 Å². The average Bonchev–Trinajstić information content (AvgIpc) is 3.82. The first kappa shape index (κ1) is 51.9. The number of phenolic OH excluding ortho intramolecular Hbond substituents is 2. The summed E-state index contributed by atoms with van der Waals surface area (Å²) in [6.07, 6.45) is 4.80. The molecule has 0 bridgehead atoms. The summed E-state index contributed by atoms with van der Waals surface area (Å²) in [6, 6.07) is 46.9. The predicted molar refractivity (Wildman–Crippen MR) is 264 cm³/mol. The molecule has 60 heavy (non-hydrogen) atoms. The van der Waals surface area contributed by atoms with Gasteiger partial charge in [-0.3, -0.25) is 0 Å². The first-order chi connectivity index (χ1) is 27.6. The first-order valence-corrected chi connectivity index (χ1v) is 24.8. The zero-order valence-corrected chi connectivity index (χ0v) is 41.9. The Morgan fingerprint density at radius 2 is 0.817 bits per heavy atom. The second-order valence-electron chi connectivity index (χ2n) is 17.3. The normalized spacial score (nSPS) is 10.8. The van der Waals surface area contributed by atoms with E-state index in [1.165, 1.54) is 114 Å². The van der Waals surface area contributed by atoms with Crippen LogP contribution in [-0.4, -0.2) is 17.1 Å². The van der Waals surface area contributed by atoms with Gasteiger partial charge < -0.3 is 25.1 Å². The van der Waals surface area contributed by atoms with Crippen molar-refractivity contribution in [3.8, 4) is 11.5 Å². The van der Waals surface area contributed by atoms with Gasteiger partial charge in [0.1, 0.15) is 11.5 Å². The van der Waals surface area contributed by atoms with E-state index in [-0.39, 0.29) is 25.7 Å². The van der Waals surface area contributed by atoms with Gasteiger partial charge in [-0.2, -0.15) is 12.1 Å². The summed E-state index contributed by atoms with van der Waals surface area (Å²) in [5, 5.41) is 30.1. The summed E-state index contributed by atoms with van der Waals surface area (Å²) in [5.41, 5.74) is 7.40. The molecule has 0 atom stereocenters. The fourth-order valence-electron chi connectivity index (χ4n) is 7.42. The Kier molecular flexibility index (Phi) is 20.5. The van der Waals surface area contributed by atoms with E-state index in [2.05, 4.69) is 159 Å². The molecule has 8 rings (SSSR count). The van der Waals surface area contributed by atoms with E-state index in [9.17, 15) is 10.2 Å². The molecule has 0 fully saturated rings. The third-order valence-corrected chi connectivity index (χ3v) is 10.3. The fraction of sp³-hybridized carbons (Fsp3) is 0.286. The summed E-state index contributed by atoms with van der Waals surface area (Å²) in [4.78, 5) is 0. The zero-order chi connectivity index (χ0) is 42.6. The molecule has 0 aliphatic heterocycles. The van der Waals surface area contributed by atoms with Crippen molar-refractivity contribution in [1.29, 1.82) is 0 Å². The molecule has 2 radical (unpaired) electrons. The predicted octanol–water partition coefficient (Wildman–Crippen LogP) is 15.8. The average molecular weight is 892 g/mol. The van der Waals surface area contributed by atoms with Gasteiger partial charge in [0.2, 0.25) is 0 Å². The molecule has 2 N–H and O–H groups in total. The minimum atomic E-state index is 0. The van der Waals surface area contributed by atoms with E-state index >= 15 is 0 Å². The summed E-state index contributed by atoms with van der Waals surface area (Å²) in [7, 11) is 0. The molecule has 0 heterocycles. The molecule has 0 amide bonds. The molecular weight excluding hydrogens is 824 g/mol. The van der Waals surface area contributed by atoms with Crippen LogP contribution < -0.4 is 0 Å². The standard InChI is InChI=1S/2C16H15.2C11H16O.2CH3.Si.Zr/c2*1-2-5-12-10-14-9-8-13-6-3-4-7-15(13)16(14)11-12;2*1-8-5-6-10(12)9(7-8)11(2,3)4;;;;/h2*3-4,6-11H,2,5H2,1H3;2*5-7,12H,1-4H3;2*1H3;;/q2*-1;;;2*-1;;. The van der Waals surface area contributed by atoms with Gasteiger partial charge in [0.05, 0.1) is 0 Å². The Morgan fingerprint density at radius 1 is 0.483 bits per heavy atom. The van der Waals surface area contributed by atoms with Crippen LogP contribution in [-0.2, 0) is 47.0 Å². The van der Waals surface area contributed by atoms with Crippen LogP contribution in [0.4, 0.5) is 0 Å². The number of benzene rings is 6. The number of phenols is 2. The number of aryl methyl sites for hydroxylation is 4. The van der Waals surface area contributed by atoms with Crippen molar-refractivity contribution in [3.63, 3.8) is 0 Å². The number of hydrogen-bond donors (Lipinski definition) is 2. The third kappa shape index (κ3) is 13.9. The van der Waals surface area contributed by atoms with Crippen LogP contribution in [0.3, 0.4) is 0 Å². The van der Waals surface area contributed by atoms with Crippen LogP contribution in [0.1, 0.15) is 102 Å². The number of hydrogen-bond acceptors (Lipinski definition) is 2. The summed E-state index contributed by atoms with van der Waals surface area (Å²) < 4.78 is 0. The van der Waals surface area contributed by atoms with E-state index < -0.39 is 0 Å². The number of rotatable bonds is 4. The van der Waals surface area contributed by atoms with E-state index in [1.807, 2.05) is 38.1 Å². The van der Waals surface area contributed by atoms with Crippen molar-refractivity contribution in [1.82, 2.24) is 0 Å². The molecule has 0 saturated carbocycles. The number of fused-ring (bicyclic) bond motifs is 6. The van der Waals surface area contributed by atoms with Crippen LogP contribution in [0.25, 0.3) is 43.1 Å². The van der Waals surface area contributed by atoms with Crippen LogP contribution >= 0.6 is 0 Å². The summed E-state index contributed by atoms with van der Waals surface area (Å²) in [6.45, 7) is 24.2. The van der Waals surface area contributed by atoms with Crippen molar-refractivity contribution in [2.24, 2.45) is 0 Å². The van der Waals surface area contributed by atoms with Gasteiger partial charge in [0, 0.05) is 0 Å². The van der Waals surface area contributed by atoms with Crippen molar-refractivity contribution in [3.05, 3.63) is 182 Å². The molecule has 0 aromatic heterocycles. The van der Waals surface area contributed by atoms with Crippen LogP contribution in [0.2, 0.25) is 0 Å². The molecule has 0 saturated heterocycles. The molecular formula is C56H68O2SiZr-4. The first-order valence-electron chi connectivity index (χ1n) is 20.6. The molecule has 316 valence electrons. The van der Waals surface area contributed by atoms with Gasteiger partial charge in [-0.1, -0.05) is 186 Å². The molecule has 0 aliphatic rings. The fourth-order valence-corrected chi connectivity index (χ4v) is 7.42. The van der Waals surface area contributed by atoms with Crippen LogP contribution in [0.5, 0.6) is 11.5 Å². The Labute approximate surface area is 380 Å². The summed E-state index contributed by atoms with van der Waals surface area (Å²) in [5.74, 6) is 0.793. The number of aromatic hydroxyl groups is 2. The molecule has 2 nitrogen and oxygen atoms in total. The quantitative estimate of drug-likeness (QED) is 0.137. The Hall–Kier alpha value is -4.24. The maximum atomic E-state index is 9.57. The van der Waals surface area contributed by atoms with E-state index in [4.69, 9.17) is 0 Å². The Morgan fingerprint density at radius 3 is 1.13 bits per heavy atom. The van der Waals surface area contributed by atoms with Gasteiger partial charge in [-0.05, 0) is 60.8 Å². The van der Waals surface area contributed by atoms with E-state index in [0.29, 0.717) is 11.5 Å². The van der Waals surface area contributed by atoms with Crippen LogP contribution in [0.15, 0.2) is 133 Å².